The van der Waals surface area contributed by atoms with Crippen molar-refractivity contribution < 1.29 is 4.79 Å². The van der Waals surface area contributed by atoms with E-state index in [4.69, 9.17) is 0 Å². The molecule has 0 radical (unpaired) electrons. The lowest BCUT2D eigenvalue weighted by molar-refractivity contribution is 0.0954. The van der Waals surface area contributed by atoms with Crippen molar-refractivity contribution in [3.05, 3.63) is 86.2 Å². The van der Waals surface area contributed by atoms with Gasteiger partial charge in [0.25, 0.3) is 11.5 Å². The third-order valence-corrected chi connectivity index (χ3v) is 4.30. The number of aromatic amines is 1. The van der Waals surface area contributed by atoms with Crippen molar-refractivity contribution in [1.29, 1.82) is 0 Å². The van der Waals surface area contributed by atoms with Crippen LogP contribution in [0, 0.1) is 6.92 Å². The van der Waals surface area contributed by atoms with Crippen LogP contribution in [0.25, 0.3) is 5.69 Å². The lowest BCUT2D eigenvalue weighted by atomic mass is 10.2. The number of hydrogen-bond acceptors (Lipinski definition) is 3. The smallest absolute Gasteiger partial charge is 0.280 e. The number of rotatable bonds is 4. The van der Waals surface area contributed by atoms with E-state index in [0.717, 1.165) is 5.69 Å². The second-order valence-corrected chi connectivity index (χ2v) is 6.16. The summed E-state index contributed by atoms with van der Waals surface area (Å²) in [5, 5.41) is 6.91. The van der Waals surface area contributed by atoms with E-state index < -0.39 is 0 Å². The molecule has 0 aliphatic carbocycles. The van der Waals surface area contributed by atoms with Gasteiger partial charge in [0.05, 0.1) is 23.0 Å². The molecule has 0 aliphatic rings. The van der Waals surface area contributed by atoms with Gasteiger partial charge in [-0.05, 0) is 47.1 Å². The number of halogens is 1. The zero-order valence-electron chi connectivity index (χ0n) is 13.4. The van der Waals surface area contributed by atoms with E-state index >= 15 is 0 Å². The predicted molar refractivity (Wildman–Crippen MR) is 100 cm³/mol. The highest BCUT2D eigenvalue weighted by Crippen LogP contribution is 2.15. The van der Waals surface area contributed by atoms with E-state index in [1.807, 2.05) is 36.4 Å². The standard InChI is InChI=1S/C18H15BrN4O2/c1-12-15(18(25)23(22-12)13-7-3-2-4-8-13)11-20-21-17(24)14-9-5-6-10-16(14)19/h2-11,22H,1H3,(H,21,24)/b20-11-. The van der Waals surface area contributed by atoms with E-state index in [1.54, 1.807) is 25.1 Å². The van der Waals surface area contributed by atoms with Crippen molar-refractivity contribution in [2.75, 3.05) is 0 Å². The van der Waals surface area contributed by atoms with Crippen molar-refractivity contribution in [3.63, 3.8) is 0 Å². The highest BCUT2D eigenvalue weighted by atomic mass is 79.9. The Morgan fingerprint density at radius 2 is 1.84 bits per heavy atom. The Balaban J connectivity index is 1.81. The van der Waals surface area contributed by atoms with E-state index in [1.165, 1.54) is 10.9 Å². The van der Waals surface area contributed by atoms with Crippen LogP contribution in [0.5, 0.6) is 0 Å². The molecule has 1 heterocycles. The first kappa shape index (κ1) is 16.9. The number of hydrazone groups is 1. The summed E-state index contributed by atoms with van der Waals surface area (Å²) in [6.45, 7) is 1.78. The summed E-state index contributed by atoms with van der Waals surface area (Å²) in [5.74, 6) is -0.361. The molecule has 0 aliphatic heterocycles. The molecule has 2 aromatic carbocycles. The fourth-order valence-electron chi connectivity index (χ4n) is 2.33. The number of aromatic nitrogens is 2. The van der Waals surface area contributed by atoms with Gasteiger partial charge in [-0.15, -0.1) is 0 Å². The molecule has 0 fully saturated rings. The first-order valence-electron chi connectivity index (χ1n) is 7.53. The molecular weight excluding hydrogens is 384 g/mol. The summed E-state index contributed by atoms with van der Waals surface area (Å²) in [7, 11) is 0. The number of hydrogen-bond donors (Lipinski definition) is 2. The summed E-state index contributed by atoms with van der Waals surface area (Å²) >= 11 is 3.32. The molecule has 25 heavy (non-hydrogen) atoms. The summed E-state index contributed by atoms with van der Waals surface area (Å²) in [6, 6.07) is 16.3. The quantitative estimate of drug-likeness (QED) is 0.523. The van der Waals surface area contributed by atoms with Crippen molar-refractivity contribution in [2.45, 2.75) is 6.92 Å². The molecule has 1 aromatic heterocycles. The molecule has 1 amide bonds. The molecule has 0 spiro atoms. The monoisotopic (exact) mass is 398 g/mol. The Morgan fingerprint density at radius 3 is 2.56 bits per heavy atom. The van der Waals surface area contributed by atoms with Crippen LogP contribution in [-0.4, -0.2) is 21.9 Å². The maximum Gasteiger partial charge on any atom is 0.280 e. The van der Waals surface area contributed by atoms with Gasteiger partial charge in [-0.2, -0.15) is 5.10 Å². The molecule has 6 nitrogen and oxygen atoms in total. The molecule has 0 saturated carbocycles. The normalized spacial score (nSPS) is 11.0. The maximum atomic E-state index is 12.5. The number of amides is 1. The summed E-state index contributed by atoms with van der Waals surface area (Å²) < 4.78 is 2.11. The minimum atomic E-state index is -0.361. The van der Waals surface area contributed by atoms with Gasteiger partial charge in [0, 0.05) is 10.2 Å². The Hall–Kier alpha value is -2.93. The Kier molecular flexibility index (Phi) is 4.95. The number of carbonyl (C=O) groups is 1. The summed E-state index contributed by atoms with van der Waals surface area (Å²) in [6.07, 6.45) is 1.35. The van der Waals surface area contributed by atoms with Gasteiger partial charge in [0.2, 0.25) is 0 Å². The highest BCUT2D eigenvalue weighted by Gasteiger charge is 2.11. The molecule has 0 atom stereocenters. The third kappa shape index (κ3) is 3.61. The average molecular weight is 399 g/mol. The number of carbonyl (C=O) groups excluding carboxylic acids is 1. The van der Waals surface area contributed by atoms with Crippen LogP contribution in [0.3, 0.4) is 0 Å². The van der Waals surface area contributed by atoms with Crippen LogP contribution in [-0.2, 0) is 0 Å². The van der Waals surface area contributed by atoms with Gasteiger partial charge in [0.1, 0.15) is 0 Å². The van der Waals surface area contributed by atoms with Crippen molar-refractivity contribution in [2.24, 2.45) is 5.10 Å². The molecule has 126 valence electrons. The maximum absolute atomic E-state index is 12.5. The second kappa shape index (κ2) is 7.31. The lowest BCUT2D eigenvalue weighted by Crippen LogP contribution is -2.20. The molecule has 0 saturated heterocycles. The third-order valence-electron chi connectivity index (χ3n) is 3.61. The topological polar surface area (TPSA) is 79.2 Å². The minimum absolute atomic E-state index is 0.234. The van der Waals surface area contributed by atoms with Crippen LogP contribution >= 0.6 is 15.9 Å². The number of aryl methyl sites for hydroxylation is 1. The molecule has 3 aromatic rings. The average Bonchev–Trinajstić information content (AvgIpc) is 2.91. The fraction of sp³-hybridized carbons (Fsp3) is 0.0556. The van der Waals surface area contributed by atoms with Gasteiger partial charge in [-0.1, -0.05) is 30.3 Å². The first-order chi connectivity index (χ1) is 12.1. The second-order valence-electron chi connectivity index (χ2n) is 5.31. The molecule has 0 unspecified atom stereocenters. The Labute approximate surface area is 152 Å². The van der Waals surface area contributed by atoms with Crippen LogP contribution in [0.15, 0.2) is 69.0 Å². The van der Waals surface area contributed by atoms with E-state index in [9.17, 15) is 9.59 Å². The van der Waals surface area contributed by atoms with E-state index in [2.05, 4.69) is 31.6 Å². The molecule has 0 bridgehead atoms. The SMILES string of the molecule is Cc1[nH]n(-c2ccccc2)c(=O)c1/C=N\NC(=O)c1ccccc1Br. The largest absolute Gasteiger partial charge is 0.295 e. The first-order valence-corrected chi connectivity index (χ1v) is 8.32. The number of benzene rings is 2. The van der Waals surface area contributed by atoms with Crippen molar-refractivity contribution in [1.82, 2.24) is 15.2 Å². The highest BCUT2D eigenvalue weighted by molar-refractivity contribution is 9.10. The molecular formula is C18H15BrN4O2. The Bertz CT molecular complexity index is 990. The van der Waals surface area contributed by atoms with Crippen LogP contribution in [0.1, 0.15) is 21.6 Å². The zero-order chi connectivity index (χ0) is 17.8. The number of nitrogens with zero attached hydrogens (tertiary/aromatic N) is 2. The number of H-pyrrole nitrogens is 1. The number of nitrogens with one attached hydrogen (secondary N) is 2. The van der Waals surface area contributed by atoms with Crippen molar-refractivity contribution in [3.8, 4) is 5.69 Å². The van der Waals surface area contributed by atoms with Crippen molar-refractivity contribution >= 4 is 28.1 Å². The van der Waals surface area contributed by atoms with E-state index in [-0.39, 0.29) is 11.5 Å². The predicted octanol–water partition coefficient (Wildman–Crippen LogP) is 3.00. The molecule has 7 heteroatoms. The van der Waals surface area contributed by atoms with E-state index in [0.29, 0.717) is 21.3 Å². The molecule has 3 rings (SSSR count). The van der Waals surface area contributed by atoms with Gasteiger partial charge in [0.15, 0.2) is 0 Å². The van der Waals surface area contributed by atoms with Crippen LogP contribution in [0.4, 0.5) is 0 Å². The van der Waals surface area contributed by atoms with Crippen LogP contribution < -0.4 is 11.0 Å². The molecule has 2 N–H and O–H groups in total. The van der Waals surface area contributed by atoms with Gasteiger partial charge < -0.3 is 0 Å². The Morgan fingerprint density at radius 1 is 1.16 bits per heavy atom. The van der Waals surface area contributed by atoms with Gasteiger partial charge >= 0.3 is 0 Å². The fourth-order valence-corrected chi connectivity index (χ4v) is 2.80. The van der Waals surface area contributed by atoms with Gasteiger partial charge in [-0.25, -0.2) is 10.1 Å². The van der Waals surface area contributed by atoms with Gasteiger partial charge in [-0.3, -0.25) is 14.7 Å². The summed E-state index contributed by atoms with van der Waals surface area (Å²) in [5.41, 5.74) is 4.44. The number of para-hydroxylation sites is 1. The zero-order valence-corrected chi connectivity index (χ0v) is 14.9. The lowest BCUT2D eigenvalue weighted by Gasteiger charge is -2.01. The van der Waals surface area contributed by atoms with Crippen LogP contribution in [0.2, 0.25) is 0 Å². The summed E-state index contributed by atoms with van der Waals surface area (Å²) in [4.78, 5) is 24.6. The minimum Gasteiger partial charge on any atom is -0.295 e.